The number of phenols is 1. The molecule has 32 heavy (non-hydrogen) atoms. The highest BCUT2D eigenvalue weighted by atomic mass is 32.2. The Hall–Kier alpha value is -2.81. The predicted molar refractivity (Wildman–Crippen MR) is 114 cm³/mol. The zero-order valence-corrected chi connectivity index (χ0v) is 18.6. The number of phenolic OH excluding ortho intramolecular Hbond substituents is 1. The molecule has 0 atom stereocenters. The molecule has 2 rings (SSSR count). The molecule has 0 amide bonds. The Morgan fingerprint density at radius 3 is 2.47 bits per heavy atom. The molecule has 0 saturated carbocycles. The summed E-state index contributed by atoms with van der Waals surface area (Å²) < 4.78 is 69.8. The number of alkyl halides is 3. The van der Waals surface area contributed by atoms with Gasteiger partial charge < -0.3 is 9.84 Å². The number of carbonyl (C=O) groups excluding carboxylic acids is 1. The van der Waals surface area contributed by atoms with Gasteiger partial charge in [0.1, 0.15) is 11.3 Å². The van der Waals surface area contributed by atoms with Gasteiger partial charge in [-0.1, -0.05) is 43.7 Å². The Labute approximate surface area is 185 Å². The second-order valence-electron chi connectivity index (χ2n) is 7.18. The molecule has 0 aromatic heterocycles. The molecule has 2 aromatic rings. The molecule has 0 unspecified atom stereocenters. The molecule has 0 aliphatic rings. The number of esters is 1. The van der Waals surface area contributed by atoms with Gasteiger partial charge in [0.15, 0.2) is 9.84 Å². The molecule has 0 aliphatic carbocycles. The summed E-state index contributed by atoms with van der Waals surface area (Å²) in [5.41, 5.74) is -0.896. The van der Waals surface area contributed by atoms with Gasteiger partial charge in [0.05, 0.1) is 22.8 Å². The molecule has 9 heteroatoms. The van der Waals surface area contributed by atoms with Crippen LogP contribution in [0, 0.1) is 6.92 Å². The van der Waals surface area contributed by atoms with E-state index < -0.39 is 33.3 Å². The molecular weight excluding hydrogens is 445 g/mol. The molecule has 0 heterocycles. The Morgan fingerprint density at radius 2 is 1.81 bits per heavy atom. The van der Waals surface area contributed by atoms with Crippen molar-refractivity contribution in [2.45, 2.75) is 44.2 Å². The number of unbranched alkanes of at least 4 members (excludes halogenated alkanes) is 1. The summed E-state index contributed by atoms with van der Waals surface area (Å²) in [7, 11) is -3.91. The topological polar surface area (TPSA) is 80.7 Å². The van der Waals surface area contributed by atoms with Crippen molar-refractivity contribution in [2.75, 3.05) is 12.4 Å². The molecule has 0 fully saturated rings. The van der Waals surface area contributed by atoms with Crippen LogP contribution in [0.3, 0.4) is 0 Å². The molecule has 174 valence electrons. The fraction of sp³-hybridized carbons (Fsp3) is 0.348. The second kappa shape index (κ2) is 10.7. The number of benzene rings is 2. The van der Waals surface area contributed by atoms with Crippen LogP contribution < -0.4 is 0 Å². The summed E-state index contributed by atoms with van der Waals surface area (Å²) in [6.45, 7) is 3.46. The molecular formula is C23H25F3O5S. The highest BCUT2D eigenvalue weighted by Gasteiger charge is 2.32. The SMILES string of the molecule is CCCCOC(=O)c1c(O)ccc(S(=O)(=O)CC=CCc2ccccc2C(F)(F)F)c1C. The minimum Gasteiger partial charge on any atom is -0.507 e. The maximum atomic E-state index is 13.1. The molecule has 0 aliphatic heterocycles. The Morgan fingerprint density at radius 1 is 1.12 bits per heavy atom. The van der Waals surface area contributed by atoms with Crippen molar-refractivity contribution < 1.29 is 36.2 Å². The lowest BCUT2D eigenvalue weighted by molar-refractivity contribution is -0.138. The molecule has 0 spiro atoms. The summed E-state index contributed by atoms with van der Waals surface area (Å²) in [6.07, 6.45) is -0.527. The van der Waals surface area contributed by atoms with E-state index in [1.54, 1.807) is 0 Å². The molecule has 2 aromatic carbocycles. The van der Waals surface area contributed by atoms with E-state index in [1.165, 1.54) is 43.3 Å². The van der Waals surface area contributed by atoms with Crippen LogP contribution in [0.25, 0.3) is 0 Å². The lowest BCUT2D eigenvalue weighted by Gasteiger charge is -2.13. The highest BCUT2D eigenvalue weighted by molar-refractivity contribution is 7.91. The van der Waals surface area contributed by atoms with Crippen LogP contribution in [0.4, 0.5) is 13.2 Å². The quantitative estimate of drug-likeness (QED) is 0.308. The van der Waals surface area contributed by atoms with E-state index in [0.717, 1.165) is 18.6 Å². The maximum Gasteiger partial charge on any atom is 0.416 e. The van der Waals surface area contributed by atoms with Gasteiger partial charge in [-0.25, -0.2) is 13.2 Å². The molecule has 5 nitrogen and oxygen atoms in total. The molecule has 0 radical (unpaired) electrons. The molecule has 0 saturated heterocycles. The van der Waals surface area contributed by atoms with Crippen LogP contribution in [0.1, 0.15) is 46.8 Å². The average molecular weight is 471 g/mol. The smallest absolute Gasteiger partial charge is 0.416 e. The first kappa shape index (κ1) is 25.5. The number of allylic oxidation sites excluding steroid dienone is 1. The number of hydrogen-bond acceptors (Lipinski definition) is 5. The van der Waals surface area contributed by atoms with Crippen molar-refractivity contribution in [3.8, 4) is 5.75 Å². The van der Waals surface area contributed by atoms with Crippen LogP contribution in [-0.2, 0) is 27.2 Å². The van der Waals surface area contributed by atoms with Gasteiger partial charge in [-0.05, 0) is 49.1 Å². The number of ether oxygens (including phenoxy) is 1. The predicted octanol–water partition coefficient (Wildman–Crippen LogP) is 5.25. The van der Waals surface area contributed by atoms with Gasteiger partial charge in [-0.2, -0.15) is 13.2 Å². The Kier molecular flexibility index (Phi) is 8.49. The van der Waals surface area contributed by atoms with Gasteiger partial charge in [-0.15, -0.1) is 0 Å². The fourth-order valence-corrected chi connectivity index (χ4v) is 4.54. The van der Waals surface area contributed by atoms with E-state index in [0.29, 0.717) is 6.42 Å². The number of hydrogen-bond donors (Lipinski definition) is 1. The van der Waals surface area contributed by atoms with Crippen LogP contribution in [0.2, 0.25) is 0 Å². The summed E-state index contributed by atoms with van der Waals surface area (Å²) in [6, 6.07) is 7.38. The number of rotatable bonds is 9. The largest absolute Gasteiger partial charge is 0.507 e. The van der Waals surface area contributed by atoms with Crippen molar-refractivity contribution in [3.63, 3.8) is 0 Å². The number of carbonyl (C=O) groups is 1. The average Bonchev–Trinajstić information content (AvgIpc) is 2.71. The van der Waals surface area contributed by atoms with Crippen LogP contribution in [-0.4, -0.2) is 31.9 Å². The van der Waals surface area contributed by atoms with Crippen LogP contribution in [0.15, 0.2) is 53.4 Å². The van der Waals surface area contributed by atoms with Crippen LogP contribution >= 0.6 is 0 Å². The standard InChI is InChI=1S/C23H25F3O5S/c1-3-4-14-31-22(28)21-16(2)20(13-12-19(21)27)32(29,30)15-8-7-10-17-9-5-6-11-18(17)23(24,25)26/h5-9,11-13,27H,3-4,10,14-15H2,1-2H3. The van der Waals surface area contributed by atoms with Crippen LogP contribution in [0.5, 0.6) is 5.75 Å². The minimum atomic E-state index is -4.50. The Balaban J connectivity index is 2.19. The first-order chi connectivity index (χ1) is 15.0. The number of aromatic hydroxyl groups is 1. The van der Waals surface area contributed by atoms with E-state index >= 15 is 0 Å². The van der Waals surface area contributed by atoms with Crippen molar-refractivity contribution in [1.29, 1.82) is 0 Å². The lowest BCUT2D eigenvalue weighted by atomic mass is 10.0. The van der Waals surface area contributed by atoms with Gasteiger partial charge in [0.25, 0.3) is 0 Å². The first-order valence-corrected chi connectivity index (χ1v) is 11.7. The van der Waals surface area contributed by atoms with E-state index in [-0.39, 0.29) is 40.4 Å². The lowest BCUT2D eigenvalue weighted by Crippen LogP contribution is -2.13. The van der Waals surface area contributed by atoms with Gasteiger partial charge in [0.2, 0.25) is 0 Å². The summed E-state index contributed by atoms with van der Waals surface area (Å²) in [5.74, 6) is -1.68. The zero-order chi connectivity index (χ0) is 23.9. The van der Waals surface area contributed by atoms with E-state index in [4.69, 9.17) is 4.74 Å². The summed E-state index contributed by atoms with van der Waals surface area (Å²) >= 11 is 0. The first-order valence-electron chi connectivity index (χ1n) is 10.0. The monoisotopic (exact) mass is 470 g/mol. The number of halogens is 3. The van der Waals surface area contributed by atoms with E-state index in [9.17, 15) is 31.5 Å². The zero-order valence-electron chi connectivity index (χ0n) is 17.8. The third-order valence-corrected chi connectivity index (χ3v) is 6.55. The Bertz CT molecular complexity index is 1090. The van der Waals surface area contributed by atoms with Crippen molar-refractivity contribution in [2.24, 2.45) is 0 Å². The van der Waals surface area contributed by atoms with Crippen molar-refractivity contribution in [1.82, 2.24) is 0 Å². The normalized spacial score (nSPS) is 12.3. The third-order valence-electron chi connectivity index (χ3n) is 4.81. The molecule has 0 bridgehead atoms. The van der Waals surface area contributed by atoms with Gasteiger partial charge in [0, 0.05) is 0 Å². The number of sulfone groups is 1. The molecule has 1 N–H and O–H groups in total. The van der Waals surface area contributed by atoms with E-state index in [1.807, 2.05) is 6.92 Å². The van der Waals surface area contributed by atoms with Gasteiger partial charge in [-0.3, -0.25) is 0 Å². The third kappa shape index (κ3) is 6.35. The van der Waals surface area contributed by atoms with Gasteiger partial charge >= 0.3 is 12.1 Å². The maximum absolute atomic E-state index is 13.1. The summed E-state index contributed by atoms with van der Waals surface area (Å²) in [5, 5.41) is 10.0. The second-order valence-corrected chi connectivity index (χ2v) is 9.19. The minimum absolute atomic E-state index is 0.0339. The van der Waals surface area contributed by atoms with Crippen molar-refractivity contribution >= 4 is 15.8 Å². The van der Waals surface area contributed by atoms with Crippen molar-refractivity contribution in [3.05, 3.63) is 70.8 Å². The fourth-order valence-electron chi connectivity index (χ4n) is 3.12. The summed E-state index contributed by atoms with van der Waals surface area (Å²) in [4.78, 5) is 12.1. The highest BCUT2D eigenvalue weighted by Crippen LogP contribution is 2.32. The van der Waals surface area contributed by atoms with E-state index in [2.05, 4.69) is 0 Å².